The average molecular weight is 298 g/mol. The molecule has 0 radical (unpaired) electrons. The van der Waals surface area contributed by atoms with Crippen molar-refractivity contribution in [3.63, 3.8) is 0 Å². The van der Waals surface area contributed by atoms with Gasteiger partial charge in [0, 0.05) is 29.7 Å². The van der Waals surface area contributed by atoms with Crippen LogP contribution in [-0.2, 0) is 6.42 Å². The third-order valence-electron chi connectivity index (χ3n) is 3.58. The van der Waals surface area contributed by atoms with Crippen LogP contribution in [0.1, 0.15) is 32.4 Å². The number of halogens is 1. The van der Waals surface area contributed by atoms with E-state index in [0.717, 1.165) is 36.9 Å². The molecule has 4 heteroatoms. The molecule has 17 heavy (non-hydrogen) atoms. The Labute approximate surface area is 112 Å². The van der Waals surface area contributed by atoms with Crippen LogP contribution in [0.3, 0.4) is 0 Å². The summed E-state index contributed by atoms with van der Waals surface area (Å²) in [6, 6.07) is 2.12. The summed E-state index contributed by atoms with van der Waals surface area (Å²) in [5, 5.41) is 0. The fourth-order valence-corrected chi connectivity index (χ4v) is 2.87. The van der Waals surface area contributed by atoms with Gasteiger partial charge >= 0.3 is 0 Å². The zero-order valence-corrected chi connectivity index (χ0v) is 12.2. The van der Waals surface area contributed by atoms with Crippen molar-refractivity contribution in [2.45, 2.75) is 37.9 Å². The number of hydrogen-bond donors (Lipinski definition) is 0. The largest absolute Gasteiger partial charge is 0.356 e. The van der Waals surface area contributed by atoms with E-state index in [4.69, 9.17) is 0 Å². The summed E-state index contributed by atoms with van der Waals surface area (Å²) in [7, 11) is 0. The summed E-state index contributed by atoms with van der Waals surface area (Å²) >= 11 is 3.69. The predicted octanol–water partition coefficient (Wildman–Crippen LogP) is 3.04. The molecule has 0 aliphatic carbocycles. The van der Waals surface area contributed by atoms with Crippen molar-refractivity contribution in [1.82, 2.24) is 9.97 Å². The first-order valence-electron chi connectivity index (χ1n) is 6.40. The molecule has 0 saturated carbocycles. The Morgan fingerprint density at radius 1 is 1.41 bits per heavy atom. The number of anilines is 1. The summed E-state index contributed by atoms with van der Waals surface area (Å²) in [5.41, 5.74) is 1.13. The fraction of sp³-hybridized carbons (Fsp3) is 0.692. The molecule has 94 valence electrons. The quantitative estimate of drug-likeness (QED) is 0.803. The van der Waals surface area contributed by atoms with Gasteiger partial charge in [-0.25, -0.2) is 9.97 Å². The second-order valence-corrected chi connectivity index (χ2v) is 6.17. The molecule has 0 N–H and O–H groups in total. The minimum Gasteiger partial charge on any atom is -0.356 e. The highest BCUT2D eigenvalue weighted by Crippen LogP contribution is 2.27. The van der Waals surface area contributed by atoms with Crippen LogP contribution >= 0.6 is 15.9 Å². The van der Waals surface area contributed by atoms with Crippen molar-refractivity contribution in [1.29, 1.82) is 0 Å². The molecule has 0 aromatic carbocycles. The maximum Gasteiger partial charge on any atom is 0.132 e. The predicted molar refractivity (Wildman–Crippen MR) is 74.7 cm³/mol. The topological polar surface area (TPSA) is 29.0 Å². The minimum atomic E-state index is 0.626. The number of hydrogen-bond acceptors (Lipinski definition) is 3. The van der Waals surface area contributed by atoms with Crippen LogP contribution in [0.5, 0.6) is 0 Å². The lowest BCUT2D eigenvalue weighted by molar-refractivity contribution is 0.405. The number of aryl methyl sites for hydroxylation is 1. The van der Waals surface area contributed by atoms with Gasteiger partial charge in [0.05, 0.1) is 0 Å². The van der Waals surface area contributed by atoms with Gasteiger partial charge in [0.25, 0.3) is 0 Å². The van der Waals surface area contributed by atoms with Crippen molar-refractivity contribution in [3.05, 3.63) is 18.1 Å². The highest BCUT2D eigenvalue weighted by atomic mass is 79.9. The second kappa shape index (κ2) is 5.80. The number of rotatable bonds is 3. The van der Waals surface area contributed by atoms with Gasteiger partial charge in [-0.15, -0.1) is 0 Å². The maximum absolute atomic E-state index is 4.38. The van der Waals surface area contributed by atoms with Crippen molar-refractivity contribution in [3.8, 4) is 0 Å². The molecule has 1 aliphatic heterocycles. The van der Waals surface area contributed by atoms with E-state index < -0.39 is 0 Å². The standard InChI is InChI=1S/C13H20BrN3/c1-3-12-8-13(16-9-15-12)17-6-4-11(5-7-17)10(2)14/h8-11H,3-7H2,1-2H3. The summed E-state index contributed by atoms with van der Waals surface area (Å²) in [4.78, 5) is 11.6. The molecule has 2 heterocycles. The SMILES string of the molecule is CCc1cc(N2CCC(C(C)Br)CC2)ncn1. The Morgan fingerprint density at radius 3 is 2.71 bits per heavy atom. The zero-order valence-electron chi connectivity index (χ0n) is 10.6. The van der Waals surface area contributed by atoms with E-state index in [2.05, 4.69) is 50.7 Å². The highest BCUT2D eigenvalue weighted by molar-refractivity contribution is 9.09. The molecule has 0 spiro atoms. The first-order chi connectivity index (χ1) is 8.20. The van der Waals surface area contributed by atoms with Crippen molar-refractivity contribution in [2.75, 3.05) is 18.0 Å². The Balaban J connectivity index is 2.00. The Hall–Kier alpha value is -0.640. The Kier molecular flexibility index (Phi) is 4.37. The molecule has 1 aromatic rings. The molecular formula is C13H20BrN3. The monoisotopic (exact) mass is 297 g/mol. The van der Waals surface area contributed by atoms with E-state index >= 15 is 0 Å². The van der Waals surface area contributed by atoms with Crippen LogP contribution in [0.25, 0.3) is 0 Å². The van der Waals surface area contributed by atoms with E-state index in [0.29, 0.717) is 4.83 Å². The maximum atomic E-state index is 4.38. The average Bonchev–Trinajstić information content (AvgIpc) is 2.39. The van der Waals surface area contributed by atoms with Crippen molar-refractivity contribution in [2.24, 2.45) is 5.92 Å². The van der Waals surface area contributed by atoms with Crippen molar-refractivity contribution < 1.29 is 0 Å². The third-order valence-corrected chi connectivity index (χ3v) is 4.33. The Bertz CT molecular complexity index is 359. The molecule has 1 unspecified atom stereocenters. The highest BCUT2D eigenvalue weighted by Gasteiger charge is 2.23. The van der Waals surface area contributed by atoms with Crippen LogP contribution in [0, 0.1) is 5.92 Å². The molecule has 2 rings (SSSR count). The van der Waals surface area contributed by atoms with Crippen LogP contribution in [0.4, 0.5) is 5.82 Å². The molecule has 0 bridgehead atoms. The lowest BCUT2D eigenvalue weighted by Gasteiger charge is -2.34. The molecule has 0 amide bonds. The summed E-state index contributed by atoms with van der Waals surface area (Å²) in [6.45, 7) is 6.60. The smallest absolute Gasteiger partial charge is 0.132 e. The van der Waals surface area contributed by atoms with Gasteiger partial charge in [0.2, 0.25) is 0 Å². The summed E-state index contributed by atoms with van der Waals surface area (Å²) in [5.74, 6) is 1.90. The van der Waals surface area contributed by atoms with Crippen LogP contribution in [0.15, 0.2) is 12.4 Å². The molecule has 1 aliphatic rings. The molecule has 3 nitrogen and oxygen atoms in total. The number of nitrogens with zero attached hydrogens (tertiary/aromatic N) is 3. The number of aromatic nitrogens is 2. The summed E-state index contributed by atoms with van der Waals surface area (Å²) in [6.07, 6.45) is 5.16. The van der Waals surface area contributed by atoms with Crippen LogP contribution < -0.4 is 4.90 Å². The van der Waals surface area contributed by atoms with Crippen molar-refractivity contribution >= 4 is 21.7 Å². The van der Waals surface area contributed by atoms with Crippen LogP contribution in [0.2, 0.25) is 0 Å². The van der Waals surface area contributed by atoms with Gasteiger partial charge in [-0.1, -0.05) is 29.8 Å². The van der Waals surface area contributed by atoms with Gasteiger partial charge in [0.15, 0.2) is 0 Å². The summed E-state index contributed by atoms with van der Waals surface area (Å²) < 4.78 is 0. The number of piperidine rings is 1. The van der Waals surface area contributed by atoms with Gasteiger partial charge in [-0.05, 0) is 25.2 Å². The molecule has 1 fully saturated rings. The van der Waals surface area contributed by atoms with Gasteiger partial charge < -0.3 is 4.90 Å². The van der Waals surface area contributed by atoms with Gasteiger partial charge in [-0.2, -0.15) is 0 Å². The second-order valence-electron chi connectivity index (χ2n) is 4.72. The normalized spacial score (nSPS) is 19.4. The lowest BCUT2D eigenvalue weighted by Crippen LogP contribution is -2.36. The minimum absolute atomic E-state index is 0.626. The third kappa shape index (κ3) is 3.18. The molecule has 1 atom stereocenters. The van der Waals surface area contributed by atoms with E-state index in [9.17, 15) is 0 Å². The molecule has 1 aromatic heterocycles. The van der Waals surface area contributed by atoms with E-state index in [-0.39, 0.29) is 0 Å². The fourth-order valence-electron chi connectivity index (χ4n) is 2.34. The lowest BCUT2D eigenvalue weighted by atomic mass is 9.94. The van der Waals surface area contributed by atoms with Crippen LogP contribution in [-0.4, -0.2) is 27.9 Å². The first-order valence-corrected chi connectivity index (χ1v) is 7.32. The van der Waals surface area contributed by atoms with Gasteiger partial charge in [0.1, 0.15) is 12.1 Å². The Morgan fingerprint density at radius 2 is 2.12 bits per heavy atom. The zero-order chi connectivity index (χ0) is 12.3. The first kappa shape index (κ1) is 12.8. The van der Waals surface area contributed by atoms with E-state index in [1.165, 1.54) is 12.8 Å². The van der Waals surface area contributed by atoms with Gasteiger partial charge in [-0.3, -0.25) is 0 Å². The van der Waals surface area contributed by atoms with E-state index in [1.807, 2.05) is 0 Å². The number of alkyl halides is 1. The molecule has 1 saturated heterocycles. The molecular weight excluding hydrogens is 278 g/mol. The van der Waals surface area contributed by atoms with E-state index in [1.54, 1.807) is 6.33 Å².